The number of aromatic nitrogens is 3. The zero-order chi connectivity index (χ0) is 43.9. The van der Waals surface area contributed by atoms with Gasteiger partial charge in [-0.15, -0.1) is 0 Å². The van der Waals surface area contributed by atoms with Crippen LogP contribution < -0.4 is 21.5 Å². The van der Waals surface area contributed by atoms with E-state index in [0.29, 0.717) is 82.1 Å². The Bertz CT molecular complexity index is 2370. The first-order valence-electron chi connectivity index (χ1n) is 22.4. The fourth-order valence-corrected chi connectivity index (χ4v) is 9.45. The van der Waals surface area contributed by atoms with Crippen molar-refractivity contribution in [3.05, 3.63) is 87.9 Å². The number of hydrogen-bond donors (Lipinski definition) is 3. The van der Waals surface area contributed by atoms with Crippen LogP contribution in [0.5, 0.6) is 0 Å². The predicted molar refractivity (Wildman–Crippen MR) is 238 cm³/mol. The summed E-state index contributed by atoms with van der Waals surface area (Å²) in [4.78, 5) is 76.4. The van der Waals surface area contributed by atoms with Gasteiger partial charge in [-0.1, -0.05) is 36.4 Å². The van der Waals surface area contributed by atoms with Gasteiger partial charge >= 0.3 is 18.2 Å². The van der Waals surface area contributed by atoms with E-state index in [1.54, 1.807) is 9.58 Å². The third-order valence-corrected chi connectivity index (χ3v) is 13.0. The third-order valence-electron chi connectivity index (χ3n) is 13.0. The van der Waals surface area contributed by atoms with E-state index in [1.807, 2.05) is 72.6 Å². The highest BCUT2D eigenvalue weighted by molar-refractivity contribution is 5.88. The van der Waals surface area contributed by atoms with Gasteiger partial charge < -0.3 is 40.1 Å². The van der Waals surface area contributed by atoms with Crippen LogP contribution in [0.1, 0.15) is 61.1 Å². The number of rotatable bonds is 2. The quantitative estimate of drug-likeness (QED) is 0.249. The normalized spacial score (nSPS) is 22.4. The summed E-state index contributed by atoms with van der Waals surface area (Å²) < 4.78 is 14.0. The van der Waals surface area contributed by atoms with Crippen LogP contribution in [0.3, 0.4) is 0 Å². The fourth-order valence-electron chi connectivity index (χ4n) is 9.45. The molecule has 7 bridgehead atoms. The predicted octanol–water partition coefficient (Wildman–Crippen LogP) is 4.12. The van der Waals surface area contributed by atoms with Crippen molar-refractivity contribution in [2.45, 2.75) is 83.3 Å². The zero-order valence-electron chi connectivity index (χ0n) is 36.4. The second-order valence-electron chi connectivity index (χ2n) is 17.3. The molecule has 3 saturated heterocycles. The number of carbonyl (C=O) groups is 4. The molecule has 17 heteroatoms. The summed E-state index contributed by atoms with van der Waals surface area (Å²) in [5, 5.41) is 15.0. The van der Waals surface area contributed by atoms with Gasteiger partial charge in [0.25, 0.3) is 5.56 Å². The van der Waals surface area contributed by atoms with E-state index >= 15 is 0 Å². The van der Waals surface area contributed by atoms with Gasteiger partial charge in [0.05, 0.1) is 11.0 Å². The van der Waals surface area contributed by atoms with Gasteiger partial charge in [0, 0.05) is 82.0 Å². The molecule has 7 heterocycles. The molecule has 0 saturated carbocycles. The molecule has 0 aliphatic carbocycles. The average molecular weight is 865 g/mol. The van der Waals surface area contributed by atoms with Gasteiger partial charge in [-0.25, -0.2) is 19.1 Å². The van der Waals surface area contributed by atoms with Crippen molar-refractivity contribution in [1.82, 2.24) is 49.9 Å². The van der Waals surface area contributed by atoms with Gasteiger partial charge in [0.2, 0.25) is 5.91 Å². The van der Waals surface area contributed by atoms with Gasteiger partial charge in [0.15, 0.2) is 13.5 Å². The maximum absolute atomic E-state index is 14.5. The first-order valence-corrected chi connectivity index (χ1v) is 22.4. The molecule has 9 rings (SSSR count). The number of amides is 5. The van der Waals surface area contributed by atoms with Gasteiger partial charge in [0.1, 0.15) is 6.04 Å². The molecule has 2 aromatic heterocycles. The minimum atomic E-state index is -0.816. The van der Waals surface area contributed by atoms with E-state index in [4.69, 9.17) is 9.47 Å². The number of alkyl carbamates (subject to hydrolysis) is 2. The molecule has 0 spiro atoms. The monoisotopic (exact) mass is 864 g/mol. The van der Waals surface area contributed by atoms with Crippen molar-refractivity contribution in [1.29, 1.82) is 0 Å². The lowest BCUT2D eigenvalue weighted by Crippen LogP contribution is -2.59. The van der Waals surface area contributed by atoms with Crippen molar-refractivity contribution < 1.29 is 28.7 Å². The minimum Gasteiger partial charge on any atom is -0.428 e. The number of nitrogens with one attached hydrogen (secondary N) is 3. The molecule has 4 aromatic rings. The first kappa shape index (κ1) is 43.7. The number of aryl methyl sites for hydroxylation is 1. The molecule has 5 amide bonds. The number of piperazine rings is 1. The van der Waals surface area contributed by atoms with Crippen LogP contribution in [-0.4, -0.2) is 143 Å². The SMILES string of the molecule is Cc1cc2cc3cn(nc13)COC(=O)NCCC=CCCNC(=O)OCn1c(=O)c(cc3ccccc31)C1CCN(CC1)C(=O)N[C@@H](C(=O)N1CCN(C3CCN(C)CC3)CC1)C2. The molecule has 336 valence electrons. The third kappa shape index (κ3) is 10.6. The van der Waals surface area contributed by atoms with Crippen LogP contribution in [-0.2, 0) is 34.2 Å². The van der Waals surface area contributed by atoms with Crippen LogP contribution in [0.2, 0.25) is 0 Å². The lowest BCUT2D eigenvalue weighted by atomic mass is 9.89. The maximum atomic E-state index is 14.5. The minimum absolute atomic E-state index is 0.0833. The van der Waals surface area contributed by atoms with E-state index in [1.165, 1.54) is 4.57 Å². The van der Waals surface area contributed by atoms with Crippen molar-refractivity contribution in [2.75, 3.05) is 72.5 Å². The van der Waals surface area contributed by atoms with E-state index in [9.17, 15) is 24.0 Å². The lowest BCUT2D eigenvalue weighted by molar-refractivity contribution is -0.135. The number of pyridine rings is 1. The van der Waals surface area contributed by atoms with Crippen LogP contribution in [0.4, 0.5) is 14.4 Å². The summed E-state index contributed by atoms with van der Waals surface area (Å²) in [6.45, 7) is 8.05. The molecule has 2 aromatic carbocycles. The molecule has 0 unspecified atom stereocenters. The number of fused-ring (bicyclic) bond motifs is 18. The highest BCUT2D eigenvalue weighted by Gasteiger charge is 2.34. The van der Waals surface area contributed by atoms with Crippen molar-refractivity contribution in [2.24, 2.45) is 0 Å². The number of carbonyl (C=O) groups excluding carboxylic acids is 4. The molecule has 63 heavy (non-hydrogen) atoms. The second kappa shape index (κ2) is 20.1. The number of hydrogen-bond acceptors (Lipinski definition) is 10. The Hall–Kier alpha value is -5.94. The van der Waals surface area contributed by atoms with Crippen LogP contribution >= 0.6 is 0 Å². The van der Waals surface area contributed by atoms with Gasteiger partial charge in [-0.2, -0.15) is 5.10 Å². The molecule has 3 fully saturated rings. The molecule has 5 aliphatic heterocycles. The number of nitrogens with zero attached hydrogens (tertiary/aromatic N) is 7. The largest absolute Gasteiger partial charge is 0.428 e. The van der Waals surface area contributed by atoms with Crippen LogP contribution in [0, 0.1) is 6.92 Å². The van der Waals surface area contributed by atoms with Gasteiger partial charge in [-0.05, 0) is 106 Å². The number of urea groups is 1. The summed E-state index contributed by atoms with van der Waals surface area (Å²) in [5.74, 6) is -0.228. The maximum Gasteiger partial charge on any atom is 0.408 e. The molecule has 0 radical (unpaired) electrons. The highest BCUT2D eigenvalue weighted by Crippen LogP contribution is 2.29. The van der Waals surface area contributed by atoms with E-state index in [0.717, 1.165) is 66.4 Å². The average Bonchev–Trinajstić information content (AvgIpc) is 3.72. The molecular weight excluding hydrogens is 805 g/mol. The number of benzene rings is 2. The zero-order valence-corrected chi connectivity index (χ0v) is 36.4. The Morgan fingerprint density at radius 1 is 0.778 bits per heavy atom. The van der Waals surface area contributed by atoms with E-state index in [-0.39, 0.29) is 43.3 Å². The Balaban J connectivity index is 1.02. The molecular formula is C46H60N10O7. The molecule has 5 aliphatic rings. The topological polar surface area (TPSA) is 176 Å². The Morgan fingerprint density at radius 2 is 1.46 bits per heavy atom. The molecule has 3 N–H and O–H groups in total. The highest BCUT2D eigenvalue weighted by atomic mass is 16.6. The summed E-state index contributed by atoms with van der Waals surface area (Å²) >= 11 is 0. The second-order valence-corrected chi connectivity index (χ2v) is 17.3. The van der Waals surface area contributed by atoms with Crippen molar-refractivity contribution >= 4 is 45.9 Å². The number of piperidine rings is 2. The fraction of sp³-hybridized carbons (Fsp3) is 0.522. The first-order chi connectivity index (χ1) is 30.6. The van der Waals surface area contributed by atoms with Crippen LogP contribution in [0.25, 0.3) is 21.8 Å². The number of likely N-dealkylation sites (tertiary alicyclic amines) is 1. The van der Waals surface area contributed by atoms with E-state index in [2.05, 4.69) is 37.9 Å². The van der Waals surface area contributed by atoms with Crippen LogP contribution in [0.15, 0.2) is 65.6 Å². The summed E-state index contributed by atoms with van der Waals surface area (Å²) in [7, 11) is 2.16. The summed E-state index contributed by atoms with van der Waals surface area (Å²) in [5.41, 5.74) is 3.57. The smallest absolute Gasteiger partial charge is 0.408 e. The Kier molecular flexibility index (Phi) is 13.9. The number of para-hydroxylation sites is 1. The summed E-state index contributed by atoms with van der Waals surface area (Å²) in [6.07, 6.45) is 9.18. The number of ether oxygens (including phenoxy) is 2. The summed E-state index contributed by atoms with van der Waals surface area (Å²) in [6, 6.07) is 12.8. The van der Waals surface area contributed by atoms with Crippen molar-refractivity contribution in [3.8, 4) is 0 Å². The standard InChI is InChI=1S/C46H60N10O7/c1-32-25-33-26-36-29-55(50-41(32)36)30-62-45(60)47-15-7-3-4-8-16-48-46(61)63-31-56-40-10-6-5-9-35(40)28-38(42(56)57)34-11-19-54(20-12-34)44(59)49-39(27-33)43(58)53-23-21-52(22-24-53)37-13-17-51(2)18-14-37/h3-6,9-10,25-26,28-29,34,37,39H,7-8,11-24,27,30-31H2,1-2H3,(H,47,60)(H,48,61)(H,49,59)/t39-/m1/s1. The van der Waals surface area contributed by atoms with Crippen molar-refractivity contribution in [3.63, 3.8) is 0 Å². The van der Waals surface area contributed by atoms with Gasteiger partial charge in [-0.3, -0.25) is 19.1 Å². The lowest BCUT2D eigenvalue weighted by Gasteiger charge is -2.43. The van der Waals surface area contributed by atoms with E-state index < -0.39 is 18.2 Å². The Morgan fingerprint density at radius 3 is 2.17 bits per heavy atom. The Labute approximate surface area is 367 Å². The molecule has 1 atom stereocenters. The molecule has 17 nitrogen and oxygen atoms in total.